The summed E-state index contributed by atoms with van der Waals surface area (Å²) in [4.78, 5) is 0. The molecule has 0 heterocycles. The van der Waals surface area contributed by atoms with Crippen LogP contribution in [0.25, 0.3) is 0 Å². The highest BCUT2D eigenvalue weighted by Gasteiger charge is 2.36. The largest absolute Gasteiger partial charge is 0.494 e. The quantitative estimate of drug-likeness (QED) is 0.396. The van der Waals surface area contributed by atoms with Gasteiger partial charge in [-0.3, -0.25) is 0 Å². The van der Waals surface area contributed by atoms with Gasteiger partial charge in [0.25, 0.3) is 0 Å². The summed E-state index contributed by atoms with van der Waals surface area (Å²) >= 11 is 0. The number of hydrogen-bond donors (Lipinski definition) is 4. The Balaban J connectivity index is 1.62. The number of nitrogens with one attached hydrogen (secondary N) is 1. The van der Waals surface area contributed by atoms with E-state index in [4.69, 9.17) is 4.74 Å². The molecule has 0 spiro atoms. The third-order valence-corrected chi connectivity index (χ3v) is 4.25. The minimum atomic E-state index is -1.39. The maximum Gasteiger partial charge on any atom is 0.123 e. The molecule has 1 aliphatic carbocycles. The van der Waals surface area contributed by atoms with E-state index in [1.54, 1.807) is 12.1 Å². The summed E-state index contributed by atoms with van der Waals surface area (Å²) in [6, 6.07) is 5.27. The van der Waals surface area contributed by atoms with Crippen LogP contribution in [0.1, 0.15) is 19.3 Å². The number of benzene rings is 1. The molecular weight excluding hydrogens is 332 g/mol. The lowest BCUT2D eigenvalue weighted by Crippen LogP contribution is -2.54. The van der Waals surface area contributed by atoms with Gasteiger partial charge in [-0.05, 0) is 55.6 Å². The Bertz CT molecular complexity index is 553. The van der Waals surface area contributed by atoms with E-state index >= 15 is 0 Å². The standard InChI is InChI=1S/C18H25F2NO4/c19-11-12-10-15(17(23)18(24)16(12)22)21-8-2-1-3-9-25-14-6-4-13(20)5-7-14/h4-7,10,15-18,21-24H,1-3,8-9,11H2/t15-,16+,17+,18+/m1/s1. The van der Waals surface area contributed by atoms with Gasteiger partial charge in [0.15, 0.2) is 0 Å². The molecule has 0 aliphatic heterocycles. The van der Waals surface area contributed by atoms with Crippen molar-refractivity contribution < 1.29 is 28.8 Å². The van der Waals surface area contributed by atoms with E-state index in [9.17, 15) is 24.1 Å². The maximum absolute atomic E-state index is 12.8. The monoisotopic (exact) mass is 357 g/mol. The Hall–Kier alpha value is -1.54. The van der Waals surface area contributed by atoms with Gasteiger partial charge in [-0.25, -0.2) is 8.78 Å². The van der Waals surface area contributed by atoms with E-state index in [-0.39, 0.29) is 11.4 Å². The molecule has 0 radical (unpaired) electrons. The first kappa shape index (κ1) is 19.8. The van der Waals surface area contributed by atoms with Crippen LogP contribution < -0.4 is 10.1 Å². The molecule has 140 valence electrons. The van der Waals surface area contributed by atoms with Gasteiger partial charge in [-0.1, -0.05) is 6.08 Å². The molecule has 0 aromatic heterocycles. The summed E-state index contributed by atoms with van der Waals surface area (Å²) < 4.78 is 31.1. The lowest BCUT2D eigenvalue weighted by atomic mass is 9.88. The summed E-state index contributed by atoms with van der Waals surface area (Å²) in [7, 11) is 0. The number of halogens is 2. The highest BCUT2D eigenvalue weighted by molar-refractivity contribution is 5.22. The van der Waals surface area contributed by atoms with Crippen LogP contribution in [0.2, 0.25) is 0 Å². The average molecular weight is 357 g/mol. The van der Waals surface area contributed by atoms with Gasteiger partial charge < -0.3 is 25.4 Å². The minimum Gasteiger partial charge on any atom is -0.494 e. The van der Waals surface area contributed by atoms with Crippen LogP contribution in [-0.2, 0) is 0 Å². The highest BCUT2D eigenvalue weighted by Crippen LogP contribution is 2.21. The van der Waals surface area contributed by atoms with Gasteiger partial charge in [0.05, 0.1) is 12.6 Å². The lowest BCUT2D eigenvalue weighted by molar-refractivity contribution is -0.0628. The fourth-order valence-electron chi connectivity index (χ4n) is 2.74. The van der Waals surface area contributed by atoms with Gasteiger partial charge in [0.1, 0.15) is 36.6 Å². The zero-order chi connectivity index (χ0) is 18.2. The summed E-state index contributed by atoms with van der Waals surface area (Å²) in [6.07, 6.45) is 0.0277. The molecule has 2 rings (SSSR count). The Labute approximate surface area is 145 Å². The van der Waals surface area contributed by atoms with E-state index in [1.165, 1.54) is 18.2 Å². The molecule has 0 saturated heterocycles. The normalized spacial score (nSPS) is 26.4. The van der Waals surface area contributed by atoms with Crippen molar-refractivity contribution in [2.45, 2.75) is 43.6 Å². The molecule has 5 nitrogen and oxygen atoms in total. The van der Waals surface area contributed by atoms with Crippen LogP contribution in [0.3, 0.4) is 0 Å². The number of ether oxygens (including phenoxy) is 1. The van der Waals surface area contributed by atoms with Crippen LogP contribution >= 0.6 is 0 Å². The second kappa shape index (κ2) is 9.82. The fourth-order valence-corrected chi connectivity index (χ4v) is 2.74. The predicted molar refractivity (Wildman–Crippen MR) is 89.6 cm³/mol. The van der Waals surface area contributed by atoms with Crippen LogP contribution in [0.5, 0.6) is 5.75 Å². The maximum atomic E-state index is 12.8. The summed E-state index contributed by atoms with van der Waals surface area (Å²) in [5.41, 5.74) is 0.0861. The first-order chi connectivity index (χ1) is 12.0. The molecule has 1 aliphatic rings. The number of hydrogen-bond acceptors (Lipinski definition) is 5. The van der Waals surface area contributed by atoms with Crippen molar-refractivity contribution in [3.8, 4) is 5.75 Å². The third kappa shape index (κ3) is 5.74. The number of aliphatic hydroxyl groups excluding tert-OH is 3. The second-order valence-electron chi connectivity index (χ2n) is 6.14. The Morgan fingerprint density at radius 3 is 2.40 bits per heavy atom. The van der Waals surface area contributed by atoms with E-state index < -0.39 is 31.0 Å². The average Bonchev–Trinajstić information content (AvgIpc) is 2.62. The Morgan fingerprint density at radius 1 is 1.00 bits per heavy atom. The van der Waals surface area contributed by atoms with Gasteiger partial charge in [-0.2, -0.15) is 0 Å². The molecule has 0 bridgehead atoms. The predicted octanol–water partition coefficient (Wildman–Crippen LogP) is 1.33. The van der Waals surface area contributed by atoms with E-state index in [0.717, 1.165) is 19.3 Å². The highest BCUT2D eigenvalue weighted by atomic mass is 19.1. The van der Waals surface area contributed by atoms with Crippen LogP contribution in [0, 0.1) is 5.82 Å². The molecule has 7 heteroatoms. The van der Waals surface area contributed by atoms with Crippen molar-refractivity contribution in [1.29, 1.82) is 0 Å². The van der Waals surface area contributed by atoms with E-state index in [1.807, 2.05) is 0 Å². The van der Waals surface area contributed by atoms with Crippen LogP contribution in [0.4, 0.5) is 8.78 Å². The molecule has 4 N–H and O–H groups in total. The fraction of sp³-hybridized carbons (Fsp3) is 0.556. The Kier molecular flexibility index (Phi) is 7.77. The number of unbranched alkanes of at least 4 members (excludes halogenated alkanes) is 2. The van der Waals surface area contributed by atoms with Crippen molar-refractivity contribution >= 4 is 0 Å². The van der Waals surface area contributed by atoms with Gasteiger partial charge in [-0.15, -0.1) is 0 Å². The molecule has 25 heavy (non-hydrogen) atoms. The Morgan fingerprint density at radius 2 is 1.72 bits per heavy atom. The van der Waals surface area contributed by atoms with Gasteiger partial charge in [0.2, 0.25) is 0 Å². The molecule has 1 aromatic rings. The van der Waals surface area contributed by atoms with Crippen molar-refractivity contribution in [3.63, 3.8) is 0 Å². The second-order valence-corrected chi connectivity index (χ2v) is 6.14. The number of rotatable bonds is 9. The van der Waals surface area contributed by atoms with Crippen molar-refractivity contribution in [3.05, 3.63) is 41.7 Å². The zero-order valence-corrected chi connectivity index (χ0v) is 13.9. The lowest BCUT2D eigenvalue weighted by Gasteiger charge is -2.34. The topological polar surface area (TPSA) is 82.0 Å². The SMILES string of the molecule is O[C@@H]1[C@@H](O)[C@@H](O)C(CF)=C[C@H]1NCCCCCOc1ccc(F)cc1. The first-order valence-electron chi connectivity index (χ1n) is 8.45. The smallest absolute Gasteiger partial charge is 0.123 e. The summed E-state index contributed by atoms with van der Waals surface area (Å²) in [5, 5.41) is 32.3. The molecular formula is C18H25F2NO4. The summed E-state index contributed by atoms with van der Waals surface area (Å²) in [6.45, 7) is 0.246. The molecule has 0 unspecified atom stereocenters. The molecule has 0 amide bonds. The van der Waals surface area contributed by atoms with Crippen molar-refractivity contribution in [2.75, 3.05) is 19.8 Å². The van der Waals surface area contributed by atoms with E-state index in [2.05, 4.69) is 5.32 Å². The van der Waals surface area contributed by atoms with E-state index in [0.29, 0.717) is 18.9 Å². The minimum absolute atomic E-state index is 0.0861. The van der Waals surface area contributed by atoms with Crippen molar-refractivity contribution in [2.24, 2.45) is 0 Å². The van der Waals surface area contributed by atoms with Crippen LogP contribution in [0.15, 0.2) is 35.9 Å². The van der Waals surface area contributed by atoms with Gasteiger partial charge >= 0.3 is 0 Å². The number of aliphatic hydroxyl groups is 3. The third-order valence-electron chi connectivity index (χ3n) is 4.25. The molecule has 4 atom stereocenters. The van der Waals surface area contributed by atoms with Gasteiger partial charge in [0, 0.05) is 0 Å². The molecule has 0 saturated carbocycles. The molecule has 0 fully saturated rings. The number of alkyl halides is 1. The summed E-state index contributed by atoms with van der Waals surface area (Å²) in [5.74, 6) is 0.326. The molecule has 1 aromatic carbocycles. The van der Waals surface area contributed by atoms with Crippen LogP contribution in [-0.4, -0.2) is 59.5 Å². The van der Waals surface area contributed by atoms with Crippen molar-refractivity contribution in [1.82, 2.24) is 5.32 Å². The first-order valence-corrected chi connectivity index (χ1v) is 8.45. The zero-order valence-electron chi connectivity index (χ0n) is 13.9.